The summed E-state index contributed by atoms with van der Waals surface area (Å²) in [4.78, 5) is 10.6. The van der Waals surface area contributed by atoms with E-state index < -0.39 is 5.97 Å². The quantitative estimate of drug-likeness (QED) is 0.772. The number of para-hydroxylation sites is 1. The van der Waals surface area contributed by atoms with Crippen LogP contribution in [0.4, 0.5) is 0 Å². The van der Waals surface area contributed by atoms with E-state index in [2.05, 4.69) is 0 Å². The van der Waals surface area contributed by atoms with Crippen molar-refractivity contribution in [2.75, 3.05) is 6.61 Å². The predicted octanol–water partition coefficient (Wildman–Crippen LogP) is 2.49. The summed E-state index contributed by atoms with van der Waals surface area (Å²) in [7, 11) is 0. The van der Waals surface area contributed by atoms with Gasteiger partial charge >= 0.3 is 5.97 Å². The minimum Gasteiger partial charge on any atom is -0.489 e. The Kier molecular flexibility index (Phi) is 3.25. The number of rotatable bonds is 5. The highest BCUT2D eigenvalue weighted by Gasteiger charge is 2.26. The molecule has 1 aliphatic rings. The molecule has 1 saturated carbocycles. The topological polar surface area (TPSA) is 46.5 Å². The van der Waals surface area contributed by atoms with Gasteiger partial charge in [0.05, 0.1) is 0 Å². The zero-order valence-electron chi connectivity index (χ0n) is 8.93. The Morgan fingerprint density at radius 1 is 1.38 bits per heavy atom. The lowest BCUT2D eigenvalue weighted by molar-refractivity contribution is -0.131. The standard InChI is InChI=1S/C13H14O3/c14-13(15)8-11(10-6-7-10)9-16-12-4-2-1-3-5-12/h1-5,8,10H,6-7,9H2,(H,14,15)/b11-8-. The molecule has 2 rings (SSSR count). The number of carboxylic acid groups (broad SMARTS) is 1. The molecule has 1 aromatic carbocycles. The maximum atomic E-state index is 10.6. The summed E-state index contributed by atoms with van der Waals surface area (Å²) in [5, 5.41) is 8.73. The molecule has 3 heteroatoms. The number of carboxylic acids is 1. The van der Waals surface area contributed by atoms with Gasteiger partial charge in [-0.15, -0.1) is 0 Å². The van der Waals surface area contributed by atoms with Gasteiger partial charge < -0.3 is 9.84 Å². The van der Waals surface area contributed by atoms with E-state index in [0.29, 0.717) is 12.5 Å². The Morgan fingerprint density at radius 3 is 2.62 bits per heavy atom. The second-order valence-corrected chi connectivity index (χ2v) is 3.93. The zero-order chi connectivity index (χ0) is 11.4. The third kappa shape index (κ3) is 3.12. The number of hydrogen-bond acceptors (Lipinski definition) is 2. The van der Waals surface area contributed by atoms with Crippen LogP contribution < -0.4 is 4.74 Å². The van der Waals surface area contributed by atoms with Gasteiger partial charge in [-0.1, -0.05) is 18.2 Å². The van der Waals surface area contributed by atoms with Gasteiger partial charge in [-0.2, -0.15) is 0 Å². The fraction of sp³-hybridized carbons (Fsp3) is 0.308. The third-order valence-corrected chi connectivity index (χ3v) is 2.56. The van der Waals surface area contributed by atoms with E-state index in [4.69, 9.17) is 9.84 Å². The van der Waals surface area contributed by atoms with Gasteiger partial charge in [0.25, 0.3) is 0 Å². The minimum atomic E-state index is -0.890. The van der Waals surface area contributed by atoms with Crippen molar-refractivity contribution >= 4 is 5.97 Å². The highest BCUT2D eigenvalue weighted by atomic mass is 16.5. The van der Waals surface area contributed by atoms with Crippen LogP contribution in [0.15, 0.2) is 42.0 Å². The summed E-state index contributed by atoms with van der Waals surface area (Å²) in [5.74, 6) is 0.304. The van der Waals surface area contributed by atoms with Gasteiger partial charge in [0.15, 0.2) is 0 Å². The molecule has 0 unspecified atom stereocenters. The first-order valence-electron chi connectivity index (χ1n) is 5.37. The lowest BCUT2D eigenvalue weighted by Gasteiger charge is -2.08. The summed E-state index contributed by atoms with van der Waals surface area (Å²) in [6.45, 7) is 0.376. The van der Waals surface area contributed by atoms with E-state index >= 15 is 0 Å². The van der Waals surface area contributed by atoms with Gasteiger partial charge in [0, 0.05) is 6.08 Å². The average molecular weight is 218 g/mol. The maximum absolute atomic E-state index is 10.6. The molecule has 1 fully saturated rings. The molecule has 0 amide bonds. The highest BCUT2D eigenvalue weighted by molar-refractivity contribution is 5.80. The van der Waals surface area contributed by atoms with Gasteiger partial charge in [0.2, 0.25) is 0 Å². The monoisotopic (exact) mass is 218 g/mol. The lowest BCUT2D eigenvalue weighted by Crippen LogP contribution is -2.05. The van der Waals surface area contributed by atoms with E-state index in [0.717, 1.165) is 24.2 Å². The lowest BCUT2D eigenvalue weighted by atomic mass is 10.1. The Morgan fingerprint density at radius 2 is 2.06 bits per heavy atom. The molecule has 0 radical (unpaired) electrons. The number of aliphatic carboxylic acids is 1. The van der Waals surface area contributed by atoms with E-state index in [1.807, 2.05) is 30.3 Å². The van der Waals surface area contributed by atoms with Gasteiger partial charge in [-0.3, -0.25) is 0 Å². The molecular weight excluding hydrogens is 204 g/mol. The third-order valence-electron chi connectivity index (χ3n) is 2.56. The maximum Gasteiger partial charge on any atom is 0.328 e. The average Bonchev–Trinajstić information content (AvgIpc) is 3.09. The first-order chi connectivity index (χ1) is 7.75. The number of carbonyl (C=O) groups is 1. The molecule has 0 spiro atoms. The normalized spacial score (nSPS) is 15.9. The summed E-state index contributed by atoms with van der Waals surface area (Å²) < 4.78 is 5.54. The van der Waals surface area contributed by atoms with Crippen LogP contribution in [-0.4, -0.2) is 17.7 Å². The Balaban J connectivity index is 1.94. The van der Waals surface area contributed by atoms with Crippen LogP contribution in [-0.2, 0) is 4.79 Å². The van der Waals surface area contributed by atoms with Crippen molar-refractivity contribution in [1.29, 1.82) is 0 Å². The van der Waals surface area contributed by atoms with Crippen LogP contribution >= 0.6 is 0 Å². The van der Waals surface area contributed by atoms with Crippen LogP contribution in [0.2, 0.25) is 0 Å². The van der Waals surface area contributed by atoms with Crippen molar-refractivity contribution in [2.45, 2.75) is 12.8 Å². The number of hydrogen-bond donors (Lipinski definition) is 1. The molecule has 0 aliphatic heterocycles. The van der Waals surface area contributed by atoms with Crippen LogP contribution in [0.25, 0.3) is 0 Å². The molecule has 0 bridgehead atoms. The number of benzene rings is 1. The molecule has 1 aliphatic carbocycles. The van der Waals surface area contributed by atoms with Crippen molar-refractivity contribution in [2.24, 2.45) is 5.92 Å². The molecule has 16 heavy (non-hydrogen) atoms. The highest BCUT2D eigenvalue weighted by Crippen LogP contribution is 2.36. The fourth-order valence-electron chi connectivity index (χ4n) is 1.57. The van der Waals surface area contributed by atoms with Crippen molar-refractivity contribution in [1.82, 2.24) is 0 Å². The summed E-state index contributed by atoms with van der Waals surface area (Å²) in [5.41, 5.74) is 0.886. The van der Waals surface area contributed by atoms with Crippen molar-refractivity contribution < 1.29 is 14.6 Å². The van der Waals surface area contributed by atoms with Crippen LogP contribution in [0.5, 0.6) is 5.75 Å². The first kappa shape index (κ1) is 10.7. The smallest absolute Gasteiger partial charge is 0.328 e. The second kappa shape index (κ2) is 4.84. The Hall–Kier alpha value is -1.77. The predicted molar refractivity (Wildman–Crippen MR) is 60.4 cm³/mol. The molecule has 0 saturated heterocycles. The summed E-state index contributed by atoms with van der Waals surface area (Å²) >= 11 is 0. The van der Waals surface area contributed by atoms with E-state index in [-0.39, 0.29) is 0 Å². The largest absolute Gasteiger partial charge is 0.489 e. The Bertz CT molecular complexity index is 391. The molecule has 3 nitrogen and oxygen atoms in total. The molecule has 84 valence electrons. The van der Waals surface area contributed by atoms with Crippen molar-refractivity contribution in [3.05, 3.63) is 42.0 Å². The first-order valence-corrected chi connectivity index (χ1v) is 5.37. The summed E-state index contributed by atoms with van der Waals surface area (Å²) in [6, 6.07) is 9.44. The van der Waals surface area contributed by atoms with E-state index in [1.54, 1.807) is 0 Å². The second-order valence-electron chi connectivity index (χ2n) is 3.93. The minimum absolute atomic E-state index is 0.376. The zero-order valence-corrected chi connectivity index (χ0v) is 8.93. The van der Waals surface area contributed by atoms with Gasteiger partial charge in [-0.25, -0.2) is 4.79 Å². The molecule has 1 aromatic rings. The number of ether oxygens (including phenoxy) is 1. The SMILES string of the molecule is O=C(O)/C=C(/COc1ccccc1)C1CC1. The molecular formula is C13H14O3. The van der Waals surface area contributed by atoms with E-state index in [1.165, 1.54) is 6.08 Å². The van der Waals surface area contributed by atoms with Gasteiger partial charge in [0.1, 0.15) is 12.4 Å². The van der Waals surface area contributed by atoms with E-state index in [9.17, 15) is 4.79 Å². The Labute approximate surface area is 94.4 Å². The molecule has 1 N–H and O–H groups in total. The van der Waals surface area contributed by atoms with Crippen LogP contribution in [0.1, 0.15) is 12.8 Å². The van der Waals surface area contributed by atoms with Crippen molar-refractivity contribution in [3.8, 4) is 5.75 Å². The fourth-order valence-corrected chi connectivity index (χ4v) is 1.57. The van der Waals surface area contributed by atoms with Crippen molar-refractivity contribution in [3.63, 3.8) is 0 Å². The van der Waals surface area contributed by atoms with Crippen LogP contribution in [0.3, 0.4) is 0 Å². The molecule has 0 heterocycles. The molecule has 0 aromatic heterocycles. The van der Waals surface area contributed by atoms with Gasteiger partial charge in [-0.05, 0) is 36.5 Å². The molecule has 0 atom stereocenters. The summed E-state index contributed by atoms with van der Waals surface area (Å²) in [6.07, 6.45) is 3.44. The van der Waals surface area contributed by atoms with Crippen LogP contribution in [0, 0.1) is 5.92 Å².